The summed E-state index contributed by atoms with van der Waals surface area (Å²) >= 11 is 0. The van der Waals surface area contributed by atoms with E-state index >= 15 is 0 Å². The Bertz CT molecular complexity index is 505. The van der Waals surface area contributed by atoms with Gasteiger partial charge in [-0.2, -0.15) is 0 Å². The number of aliphatic carboxylic acids is 1. The molecule has 0 amide bonds. The predicted octanol–water partition coefficient (Wildman–Crippen LogP) is 3.21. The van der Waals surface area contributed by atoms with Crippen molar-refractivity contribution in [3.63, 3.8) is 0 Å². The summed E-state index contributed by atoms with van der Waals surface area (Å²) in [6.45, 7) is 6.35. The average molecular weight is 290 g/mol. The Labute approximate surface area is 125 Å². The molecule has 0 atom stereocenters. The first-order chi connectivity index (χ1) is 10.1. The second kappa shape index (κ2) is 7.27. The number of carboxylic acids is 1. The van der Waals surface area contributed by atoms with Crippen LogP contribution in [0.15, 0.2) is 18.2 Å². The van der Waals surface area contributed by atoms with E-state index in [1.54, 1.807) is 6.08 Å². The summed E-state index contributed by atoms with van der Waals surface area (Å²) < 4.78 is 11.3. The lowest BCUT2D eigenvalue weighted by Gasteiger charge is -2.23. The van der Waals surface area contributed by atoms with Crippen LogP contribution in [0.3, 0.4) is 0 Å². The Morgan fingerprint density at radius 3 is 2.52 bits per heavy atom. The van der Waals surface area contributed by atoms with Gasteiger partial charge in [-0.1, -0.05) is 0 Å². The Morgan fingerprint density at radius 2 is 1.95 bits per heavy atom. The fourth-order valence-electron chi connectivity index (χ4n) is 2.59. The standard InChI is InChI=1S/C17H22O4/c1-12-9-15(3-4-16(18)19)10-13(2)17(12)21-11-14-5-7-20-8-6-14/h3-4,9-10,14H,5-8,11H2,1-2H3,(H,18,19). The molecule has 0 spiro atoms. The first-order valence-electron chi connectivity index (χ1n) is 7.29. The number of hydrogen-bond acceptors (Lipinski definition) is 3. The highest BCUT2D eigenvalue weighted by atomic mass is 16.5. The third kappa shape index (κ3) is 4.60. The SMILES string of the molecule is Cc1cc(C=CC(=O)O)cc(C)c1OCC1CCOCC1. The highest BCUT2D eigenvalue weighted by molar-refractivity contribution is 5.85. The molecule has 0 saturated carbocycles. The quantitative estimate of drug-likeness (QED) is 0.846. The van der Waals surface area contributed by atoms with Crippen molar-refractivity contribution in [2.24, 2.45) is 5.92 Å². The highest BCUT2D eigenvalue weighted by Crippen LogP contribution is 2.27. The molecule has 2 rings (SSSR count). The van der Waals surface area contributed by atoms with Crippen molar-refractivity contribution in [2.75, 3.05) is 19.8 Å². The molecule has 1 aromatic rings. The van der Waals surface area contributed by atoms with E-state index in [9.17, 15) is 4.79 Å². The zero-order chi connectivity index (χ0) is 15.2. The second-order valence-corrected chi connectivity index (χ2v) is 5.52. The van der Waals surface area contributed by atoms with Crippen LogP contribution >= 0.6 is 0 Å². The number of carboxylic acid groups (broad SMARTS) is 1. The van der Waals surface area contributed by atoms with Gasteiger partial charge in [0.1, 0.15) is 5.75 Å². The minimum atomic E-state index is -0.940. The molecule has 1 aromatic carbocycles. The largest absolute Gasteiger partial charge is 0.493 e. The van der Waals surface area contributed by atoms with Crippen LogP contribution in [0, 0.1) is 19.8 Å². The van der Waals surface area contributed by atoms with Crippen molar-refractivity contribution in [1.82, 2.24) is 0 Å². The summed E-state index contributed by atoms with van der Waals surface area (Å²) in [5.74, 6) is 0.531. The van der Waals surface area contributed by atoms with Gasteiger partial charge in [-0.3, -0.25) is 0 Å². The van der Waals surface area contributed by atoms with Crippen molar-refractivity contribution in [1.29, 1.82) is 0 Å². The van der Waals surface area contributed by atoms with Crippen molar-refractivity contribution in [3.8, 4) is 5.75 Å². The lowest BCUT2D eigenvalue weighted by molar-refractivity contribution is -0.131. The molecule has 4 heteroatoms. The van der Waals surface area contributed by atoms with Gasteiger partial charge < -0.3 is 14.6 Å². The third-order valence-corrected chi connectivity index (χ3v) is 3.71. The van der Waals surface area contributed by atoms with Crippen molar-refractivity contribution < 1.29 is 19.4 Å². The van der Waals surface area contributed by atoms with Crippen molar-refractivity contribution in [2.45, 2.75) is 26.7 Å². The minimum absolute atomic E-state index is 0.559. The minimum Gasteiger partial charge on any atom is -0.493 e. The van der Waals surface area contributed by atoms with Gasteiger partial charge >= 0.3 is 5.97 Å². The van der Waals surface area contributed by atoms with Crippen LogP contribution in [0.1, 0.15) is 29.5 Å². The summed E-state index contributed by atoms with van der Waals surface area (Å²) in [4.78, 5) is 10.6. The zero-order valence-corrected chi connectivity index (χ0v) is 12.6. The van der Waals surface area contributed by atoms with Crippen molar-refractivity contribution in [3.05, 3.63) is 34.9 Å². The summed E-state index contributed by atoms with van der Waals surface area (Å²) in [6, 6.07) is 3.90. The first kappa shape index (κ1) is 15.6. The molecule has 21 heavy (non-hydrogen) atoms. The Balaban J connectivity index is 2.04. The second-order valence-electron chi connectivity index (χ2n) is 5.52. The number of ether oxygens (including phenoxy) is 2. The number of benzene rings is 1. The molecular weight excluding hydrogens is 268 g/mol. The number of carbonyl (C=O) groups is 1. The molecule has 4 nitrogen and oxygen atoms in total. The third-order valence-electron chi connectivity index (χ3n) is 3.71. The Hall–Kier alpha value is -1.81. The Kier molecular flexibility index (Phi) is 5.39. The topological polar surface area (TPSA) is 55.8 Å². The lowest BCUT2D eigenvalue weighted by Crippen LogP contribution is -2.21. The average Bonchev–Trinajstić information content (AvgIpc) is 2.45. The number of rotatable bonds is 5. The first-order valence-corrected chi connectivity index (χ1v) is 7.29. The van der Waals surface area contributed by atoms with Crippen LogP contribution in [0.2, 0.25) is 0 Å². The van der Waals surface area contributed by atoms with E-state index < -0.39 is 5.97 Å². The van der Waals surface area contributed by atoms with E-state index in [0.717, 1.165) is 61.2 Å². The molecule has 1 aliphatic heterocycles. The van der Waals surface area contributed by atoms with Crippen LogP contribution < -0.4 is 4.74 Å². The smallest absolute Gasteiger partial charge is 0.328 e. The van der Waals surface area contributed by atoms with E-state index in [0.29, 0.717) is 5.92 Å². The molecule has 0 aliphatic carbocycles. The van der Waals surface area contributed by atoms with Crippen LogP contribution in [0.5, 0.6) is 5.75 Å². The van der Waals surface area contributed by atoms with Crippen LogP contribution in [0.25, 0.3) is 6.08 Å². The van der Waals surface area contributed by atoms with Crippen LogP contribution in [0.4, 0.5) is 0 Å². The van der Waals surface area contributed by atoms with E-state index in [1.807, 2.05) is 26.0 Å². The van der Waals surface area contributed by atoms with E-state index in [2.05, 4.69) is 0 Å². The molecule has 0 bridgehead atoms. The monoisotopic (exact) mass is 290 g/mol. The van der Waals surface area contributed by atoms with Crippen molar-refractivity contribution >= 4 is 12.0 Å². The molecule has 0 unspecified atom stereocenters. The zero-order valence-electron chi connectivity index (χ0n) is 12.6. The molecule has 1 N–H and O–H groups in total. The summed E-state index contributed by atoms with van der Waals surface area (Å²) in [5.41, 5.74) is 2.95. The summed E-state index contributed by atoms with van der Waals surface area (Å²) in [7, 11) is 0. The molecule has 1 heterocycles. The molecular formula is C17H22O4. The van der Waals surface area contributed by atoms with Gasteiger partial charge in [0, 0.05) is 19.3 Å². The maximum Gasteiger partial charge on any atom is 0.328 e. The van der Waals surface area contributed by atoms with Gasteiger partial charge in [-0.15, -0.1) is 0 Å². The molecule has 1 fully saturated rings. The van der Waals surface area contributed by atoms with Crippen LogP contribution in [-0.2, 0) is 9.53 Å². The van der Waals surface area contributed by atoms with Gasteiger partial charge in [0.25, 0.3) is 0 Å². The van der Waals surface area contributed by atoms with E-state index in [-0.39, 0.29) is 0 Å². The van der Waals surface area contributed by atoms with Gasteiger partial charge in [-0.25, -0.2) is 4.79 Å². The van der Waals surface area contributed by atoms with Gasteiger partial charge in [-0.05, 0) is 67.5 Å². The highest BCUT2D eigenvalue weighted by Gasteiger charge is 2.15. The molecule has 0 aromatic heterocycles. The van der Waals surface area contributed by atoms with Gasteiger partial charge in [0.2, 0.25) is 0 Å². The van der Waals surface area contributed by atoms with E-state index in [1.165, 1.54) is 0 Å². The number of hydrogen-bond donors (Lipinski definition) is 1. The summed E-state index contributed by atoms with van der Waals surface area (Å²) in [6.07, 6.45) is 4.86. The fourth-order valence-corrected chi connectivity index (χ4v) is 2.59. The molecule has 114 valence electrons. The molecule has 1 saturated heterocycles. The maximum atomic E-state index is 10.6. The van der Waals surface area contributed by atoms with Gasteiger partial charge in [0.15, 0.2) is 0 Å². The maximum absolute atomic E-state index is 10.6. The summed E-state index contributed by atoms with van der Waals surface area (Å²) in [5, 5.41) is 8.67. The van der Waals surface area contributed by atoms with Gasteiger partial charge in [0.05, 0.1) is 6.61 Å². The molecule has 1 aliphatic rings. The predicted molar refractivity (Wildman–Crippen MR) is 81.6 cm³/mol. The van der Waals surface area contributed by atoms with Crippen LogP contribution in [-0.4, -0.2) is 30.9 Å². The molecule has 0 radical (unpaired) electrons. The Morgan fingerprint density at radius 1 is 1.33 bits per heavy atom. The fraction of sp³-hybridized carbons (Fsp3) is 0.471. The lowest BCUT2D eigenvalue weighted by atomic mass is 10.0. The number of aryl methyl sites for hydroxylation is 2. The van der Waals surface area contributed by atoms with E-state index in [4.69, 9.17) is 14.6 Å². The normalized spacial score (nSPS) is 16.3.